The van der Waals surface area contributed by atoms with E-state index >= 15 is 0 Å². The lowest BCUT2D eigenvalue weighted by molar-refractivity contribution is -0.117. The number of carbonyl (C=O) groups is 2. The van der Waals surface area contributed by atoms with Crippen molar-refractivity contribution in [1.82, 2.24) is 15.1 Å². The molecule has 30 heavy (non-hydrogen) atoms. The molecule has 3 rings (SSSR count). The minimum absolute atomic E-state index is 0.165. The Morgan fingerprint density at radius 1 is 0.967 bits per heavy atom. The Morgan fingerprint density at radius 3 is 2.27 bits per heavy atom. The van der Waals surface area contributed by atoms with Gasteiger partial charge in [0.25, 0.3) is 0 Å². The van der Waals surface area contributed by atoms with Gasteiger partial charge in [0.2, 0.25) is 5.91 Å². The maximum atomic E-state index is 13.4. The van der Waals surface area contributed by atoms with E-state index in [1.807, 2.05) is 4.90 Å². The summed E-state index contributed by atoms with van der Waals surface area (Å²) in [4.78, 5) is 28.1. The molecule has 0 unspecified atom stereocenters. The molecule has 0 aromatic heterocycles. The summed E-state index contributed by atoms with van der Waals surface area (Å²) in [5, 5.41) is 5.48. The maximum Gasteiger partial charge on any atom is 0.317 e. The van der Waals surface area contributed by atoms with Gasteiger partial charge in [-0.1, -0.05) is 6.07 Å². The standard InChI is InChI=1S/C21H23F3N4O2/c1-14(15-2-7-18(23)19(24)12-15)25-21(30)28-10-8-27(9-11-28)13-20(29)26-17-5-3-16(22)4-6-17/h2-7,12,14H,8-11,13H2,1H3,(H,25,30)(H,26,29)/t14-/m1/s1. The van der Waals surface area contributed by atoms with Crippen molar-refractivity contribution in [3.05, 3.63) is 65.5 Å². The van der Waals surface area contributed by atoms with Crippen LogP contribution in [0.3, 0.4) is 0 Å². The van der Waals surface area contributed by atoms with Crippen LogP contribution in [0.4, 0.5) is 23.7 Å². The minimum atomic E-state index is -0.957. The number of hydrogen-bond donors (Lipinski definition) is 2. The molecule has 160 valence electrons. The van der Waals surface area contributed by atoms with Crippen LogP contribution in [0, 0.1) is 17.5 Å². The van der Waals surface area contributed by atoms with Crippen molar-refractivity contribution in [2.75, 3.05) is 38.0 Å². The highest BCUT2D eigenvalue weighted by molar-refractivity contribution is 5.92. The molecule has 6 nitrogen and oxygen atoms in total. The van der Waals surface area contributed by atoms with E-state index in [2.05, 4.69) is 10.6 Å². The normalized spacial score (nSPS) is 15.5. The van der Waals surface area contributed by atoms with Crippen LogP contribution in [0.2, 0.25) is 0 Å². The van der Waals surface area contributed by atoms with E-state index in [1.165, 1.54) is 30.3 Å². The Balaban J connectivity index is 1.44. The second kappa shape index (κ2) is 9.62. The van der Waals surface area contributed by atoms with Gasteiger partial charge >= 0.3 is 6.03 Å². The van der Waals surface area contributed by atoms with Crippen molar-refractivity contribution >= 4 is 17.6 Å². The molecule has 3 amide bonds. The van der Waals surface area contributed by atoms with Crippen molar-refractivity contribution in [2.24, 2.45) is 0 Å². The summed E-state index contributed by atoms with van der Waals surface area (Å²) in [6, 6.07) is 8.27. The molecule has 1 aliphatic heterocycles. The second-order valence-electron chi connectivity index (χ2n) is 7.16. The van der Waals surface area contributed by atoms with E-state index in [-0.39, 0.29) is 24.3 Å². The van der Waals surface area contributed by atoms with Crippen LogP contribution in [-0.4, -0.2) is 54.5 Å². The molecule has 0 aliphatic carbocycles. The van der Waals surface area contributed by atoms with E-state index in [0.29, 0.717) is 37.4 Å². The molecular formula is C21H23F3N4O2. The number of carbonyl (C=O) groups excluding carboxylic acids is 2. The molecule has 2 aromatic carbocycles. The molecule has 0 saturated carbocycles. The topological polar surface area (TPSA) is 64.7 Å². The fourth-order valence-electron chi connectivity index (χ4n) is 3.19. The molecular weight excluding hydrogens is 397 g/mol. The number of nitrogens with one attached hydrogen (secondary N) is 2. The molecule has 1 aliphatic rings. The molecule has 2 aromatic rings. The van der Waals surface area contributed by atoms with Gasteiger partial charge in [0.05, 0.1) is 12.6 Å². The SMILES string of the molecule is C[C@@H](NC(=O)N1CCN(CC(=O)Nc2ccc(F)cc2)CC1)c1ccc(F)c(F)c1. The molecule has 0 spiro atoms. The van der Waals surface area contributed by atoms with Crippen molar-refractivity contribution in [3.8, 4) is 0 Å². The lowest BCUT2D eigenvalue weighted by Crippen LogP contribution is -2.53. The van der Waals surface area contributed by atoms with E-state index in [0.717, 1.165) is 12.1 Å². The number of amides is 3. The first-order valence-corrected chi connectivity index (χ1v) is 9.60. The summed E-state index contributed by atoms with van der Waals surface area (Å²) in [6.07, 6.45) is 0. The zero-order valence-corrected chi connectivity index (χ0v) is 16.5. The monoisotopic (exact) mass is 420 g/mol. The minimum Gasteiger partial charge on any atom is -0.331 e. The third-order valence-electron chi connectivity index (χ3n) is 4.94. The summed E-state index contributed by atoms with van der Waals surface area (Å²) in [5.41, 5.74) is 0.990. The van der Waals surface area contributed by atoms with Crippen molar-refractivity contribution in [3.63, 3.8) is 0 Å². The highest BCUT2D eigenvalue weighted by atomic mass is 19.2. The number of nitrogens with zero attached hydrogens (tertiary/aromatic N) is 2. The van der Waals surface area contributed by atoms with Gasteiger partial charge in [-0.2, -0.15) is 0 Å². The van der Waals surface area contributed by atoms with Crippen LogP contribution >= 0.6 is 0 Å². The van der Waals surface area contributed by atoms with Gasteiger partial charge in [0.1, 0.15) is 5.82 Å². The van der Waals surface area contributed by atoms with Crippen LogP contribution in [0.5, 0.6) is 0 Å². The summed E-state index contributed by atoms with van der Waals surface area (Å²) < 4.78 is 39.4. The first kappa shape index (κ1) is 21.6. The Hall–Kier alpha value is -3.07. The second-order valence-corrected chi connectivity index (χ2v) is 7.16. The third kappa shape index (κ3) is 5.73. The van der Waals surface area contributed by atoms with Gasteiger partial charge in [-0.05, 0) is 48.9 Å². The molecule has 1 atom stereocenters. The Labute approximate surface area is 172 Å². The van der Waals surface area contributed by atoms with E-state index < -0.39 is 17.7 Å². The fraction of sp³-hybridized carbons (Fsp3) is 0.333. The summed E-state index contributed by atoms with van der Waals surface area (Å²) >= 11 is 0. The van der Waals surface area contributed by atoms with Gasteiger partial charge in [-0.25, -0.2) is 18.0 Å². The lowest BCUT2D eigenvalue weighted by Gasteiger charge is -2.35. The Kier molecular flexibility index (Phi) is 6.94. The lowest BCUT2D eigenvalue weighted by atomic mass is 10.1. The zero-order valence-electron chi connectivity index (χ0n) is 16.5. The number of rotatable bonds is 5. The van der Waals surface area contributed by atoms with Crippen LogP contribution in [0.15, 0.2) is 42.5 Å². The number of halogens is 3. The first-order chi connectivity index (χ1) is 14.3. The molecule has 1 heterocycles. The maximum absolute atomic E-state index is 13.4. The number of anilines is 1. The first-order valence-electron chi connectivity index (χ1n) is 9.60. The zero-order chi connectivity index (χ0) is 21.7. The van der Waals surface area contributed by atoms with Crippen LogP contribution in [0.1, 0.15) is 18.5 Å². The fourth-order valence-corrected chi connectivity index (χ4v) is 3.19. The van der Waals surface area contributed by atoms with E-state index in [1.54, 1.807) is 11.8 Å². The van der Waals surface area contributed by atoms with Crippen LogP contribution in [0.25, 0.3) is 0 Å². The van der Waals surface area contributed by atoms with Crippen LogP contribution in [-0.2, 0) is 4.79 Å². The van der Waals surface area contributed by atoms with Gasteiger partial charge in [0.15, 0.2) is 11.6 Å². The van der Waals surface area contributed by atoms with Crippen molar-refractivity contribution in [1.29, 1.82) is 0 Å². The predicted molar refractivity (Wildman–Crippen MR) is 106 cm³/mol. The quantitative estimate of drug-likeness (QED) is 0.781. The average Bonchev–Trinajstić information content (AvgIpc) is 2.72. The molecule has 0 radical (unpaired) electrons. The summed E-state index contributed by atoms with van der Waals surface area (Å²) in [7, 11) is 0. The number of hydrogen-bond acceptors (Lipinski definition) is 3. The largest absolute Gasteiger partial charge is 0.331 e. The number of piperazine rings is 1. The molecule has 1 saturated heterocycles. The summed E-state index contributed by atoms with van der Waals surface area (Å²) in [6.45, 7) is 3.76. The predicted octanol–water partition coefficient (Wildman–Crippen LogP) is 3.13. The molecule has 1 fully saturated rings. The van der Waals surface area contributed by atoms with Crippen LogP contribution < -0.4 is 10.6 Å². The Morgan fingerprint density at radius 2 is 1.63 bits per heavy atom. The third-order valence-corrected chi connectivity index (χ3v) is 4.94. The summed E-state index contributed by atoms with van der Waals surface area (Å²) in [5.74, 6) is -2.48. The van der Waals surface area contributed by atoms with Crippen molar-refractivity contribution in [2.45, 2.75) is 13.0 Å². The van der Waals surface area contributed by atoms with E-state index in [4.69, 9.17) is 0 Å². The van der Waals surface area contributed by atoms with Gasteiger partial charge < -0.3 is 15.5 Å². The molecule has 2 N–H and O–H groups in total. The number of urea groups is 1. The molecule has 0 bridgehead atoms. The van der Waals surface area contributed by atoms with E-state index in [9.17, 15) is 22.8 Å². The van der Waals surface area contributed by atoms with Gasteiger partial charge in [0, 0.05) is 31.9 Å². The average molecular weight is 420 g/mol. The van der Waals surface area contributed by atoms with Crippen molar-refractivity contribution < 1.29 is 22.8 Å². The Bertz CT molecular complexity index is 900. The highest BCUT2D eigenvalue weighted by Gasteiger charge is 2.23. The van der Waals surface area contributed by atoms with Gasteiger partial charge in [-0.3, -0.25) is 9.69 Å². The molecule has 9 heteroatoms. The number of benzene rings is 2. The van der Waals surface area contributed by atoms with Gasteiger partial charge in [-0.15, -0.1) is 0 Å². The highest BCUT2D eigenvalue weighted by Crippen LogP contribution is 2.16. The smallest absolute Gasteiger partial charge is 0.317 e.